The molecule has 0 rings (SSSR count). The number of hydrogen-bond acceptors (Lipinski definition) is 8. The molecule has 0 aliphatic heterocycles. The molecule has 0 aromatic rings. The van der Waals surface area contributed by atoms with E-state index in [9.17, 15) is 19.0 Å². The number of phosphoric ester groups is 1. The van der Waals surface area contributed by atoms with Gasteiger partial charge in [0.1, 0.15) is 19.8 Å². The Bertz CT molecular complexity index is 850. The molecule has 0 saturated heterocycles. The fourth-order valence-electron chi connectivity index (χ4n) is 6.01. The predicted molar refractivity (Wildman–Crippen MR) is 208 cm³/mol. The second-order valence-corrected chi connectivity index (χ2v) is 17.1. The molecule has 0 heterocycles. The summed E-state index contributed by atoms with van der Waals surface area (Å²) >= 11 is 0. The van der Waals surface area contributed by atoms with Crippen LogP contribution in [-0.2, 0) is 32.7 Å². The van der Waals surface area contributed by atoms with Gasteiger partial charge in [-0.05, 0) is 12.8 Å². The Kier molecular flexibility index (Phi) is 34.1. The maximum Gasteiger partial charge on any atom is 0.306 e. The molecule has 51 heavy (non-hydrogen) atoms. The van der Waals surface area contributed by atoms with Crippen LogP contribution in [0.2, 0.25) is 0 Å². The summed E-state index contributed by atoms with van der Waals surface area (Å²) in [5, 5.41) is 0. The normalized spacial score (nSPS) is 13.6. The highest BCUT2D eigenvalue weighted by atomic mass is 31.2. The highest BCUT2D eigenvalue weighted by Crippen LogP contribution is 2.38. The number of rotatable bonds is 39. The van der Waals surface area contributed by atoms with E-state index in [4.69, 9.17) is 18.5 Å². The number of esters is 2. The molecule has 0 aromatic carbocycles. The van der Waals surface area contributed by atoms with E-state index in [0.717, 1.165) is 44.9 Å². The van der Waals surface area contributed by atoms with Gasteiger partial charge in [0, 0.05) is 12.8 Å². The molecule has 0 amide bonds. The van der Waals surface area contributed by atoms with Gasteiger partial charge in [0.25, 0.3) is 7.82 Å². The molecular weight excluding hydrogens is 665 g/mol. The highest BCUT2D eigenvalue weighted by Gasteiger charge is 2.21. The maximum absolute atomic E-state index is 12.6. The number of carbonyl (C=O) groups is 2. The second-order valence-electron chi connectivity index (χ2n) is 15.7. The lowest BCUT2D eigenvalue weighted by molar-refractivity contribution is -0.870. The molecule has 0 N–H and O–H groups in total. The third-order valence-electron chi connectivity index (χ3n) is 9.38. The quantitative estimate of drug-likeness (QED) is 0.0264. The van der Waals surface area contributed by atoms with Crippen LogP contribution in [0.4, 0.5) is 0 Å². The molecule has 0 saturated carbocycles. The number of hydrogen-bond donors (Lipinski definition) is 0. The molecule has 0 fully saturated rings. The Morgan fingerprint density at radius 1 is 0.529 bits per heavy atom. The largest absolute Gasteiger partial charge is 0.756 e. The van der Waals surface area contributed by atoms with Crippen LogP contribution in [0, 0.1) is 0 Å². The molecule has 9 nitrogen and oxygen atoms in total. The van der Waals surface area contributed by atoms with E-state index in [-0.39, 0.29) is 26.1 Å². The Balaban J connectivity index is 4.06. The Hall–Kier alpha value is -0.990. The van der Waals surface area contributed by atoms with Crippen LogP contribution in [0.25, 0.3) is 0 Å². The van der Waals surface area contributed by atoms with Gasteiger partial charge in [0.15, 0.2) is 6.10 Å². The standard InChI is InChI=1S/C41H82NO8P/c1-6-8-10-12-13-14-15-16-17-18-19-20-21-22-23-24-25-26-27-28-30-32-34-41(44)50-39(37-47-40(43)33-31-29-11-9-7-2)38-49-51(45,46)48-36-35-42(3,4)5/h39H,6-38H2,1-5H3. The van der Waals surface area contributed by atoms with Crippen LogP contribution in [0.5, 0.6) is 0 Å². The van der Waals surface area contributed by atoms with Crippen molar-refractivity contribution in [1.29, 1.82) is 0 Å². The van der Waals surface area contributed by atoms with Crippen molar-refractivity contribution in [3.8, 4) is 0 Å². The van der Waals surface area contributed by atoms with Gasteiger partial charge in [-0.3, -0.25) is 14.2 Å². The van der Waals surface area contributed by atoms with E-state index < -0.39 is 32.5 Å². The zero-order valence-electron chi connectivity index (χ0n) is 34.1. The highest BCUT2D eigenvalue weighted by molar-refractivity contribution is 7.45. The minimum absolute atomic E-state index is 0.0265. The molecule has 2 unspecified atom stereocenters. The maximum atomic E-state index is 12.6. The number of likely N-dealkylation sites (N-methyl/N-ethyl adjacent to an activating group) is 1. The minimum Gasteiger partial charge on any atom is -0.756 e. The number of ether oxygens (including phenoxy) is 2. The van der Waals surface area contributed by atoms with E-state index in [2.05, 4.69) is 13.8 Å². The summed E-state index contributed by atoms with van der Waals surface area (Å²) in [5.41, 5.74) is 0. The fourth-order valence-corrected chi connectivity index (χ4v) is 6.74. The van der Waals surface area contributed by atoms with Crippen molar-refractivity contribution in [3.63, 3.8) is 0 Å². The number of quaternary nitrogens is 1. The lowest BCUT2D eigenvalue weighted by Crippen LogP contribution is -2.37. The molecule has 0 radical (unpaired) electrons. The Labute approximate surface area is 314 Å². The third kappa shape index (κ3) is 38.5. The zero-order chi connectivity index (χ0) is 37.9. The first kappa shape index (κ1) is 50.0. The Morgan fingerprint density at radius 3 is 1.25 bits per heavy atom. The number of phosphoric acid groups is 1. The van der Waals surface area contributed by atoms with Gasteiger partial charge in [0.05, 0.1) is 27.7 Å². The second kappa shape index (κ2) is 34.8. The Morgan fingerprint density at radius 2 is 0.882 bits per heavy atom. The lowest BCUT2D eigenvalue weighted by Gasteiger charge is -2.28. The van der Waals surface area contributed by atoms with Crippen molar-refractivity contribution in [2.24, 2.45) is 0 Å². The summed E-state index contributed by atoms with van der Waals surface area (Å²) in [6, 6.07) is 0. The first-order chi connectivity index (χ1) is 24.5. The number of unbranched alkanes of at least 4 members (excludes halogenated alkanes) is 25. The predicted octanol–water partition coefficient (Wildman–Crippen LogP) is 11.0. The molecule has 0 aromatic heterocycles. The number of carbonyl (C=O) groups excluding carboxylic acids is 2. The average molecular weight is 748 g/mol. The molecular formula is C41H82NO8P. The van der Waals surface area contributed by atoms with Gasteiger partial charge in [-0.1, -0.05) is 174 Å². The average Bonchev–Trinajstić information content (AvgIpc) is 3.07. The summed E-state index contributed by atoms with van der Waals surface area (Å²) in [4.78, 5) is 37.1. The van der Waals surface area contributed by atoms with Crippen LogP contribution in [0.1, 0.15) is 200 Å². The summed E-state index contributed by atoms with van der Waals surface area (Å²) in [6.07, 6.45) is 33.3. The van der Waals surface area contributed by atoms with Crippen molar-refractivity contribution in [2.75, 3.05) is 47.5 Å². The molecule has 0 spiro atoms. The van der Waals surface area contributed by atoms with Crippen molar-refractivity contribution in [2.45, 2.75) is 206 Å². The van der Waals surface area contributed by atoms with E-state index in [0.29, 0.717) is 17.4 Å². The summed E-state index contributed by atoms with van der Waals surface area (Å²) in [7, 11) is 1.18. The lowest BCUT2D eigenvalue weighted by atomic mass is 10.0. The van der Waals surface area contributed by atoms with Gasteiger partial charge in [-0.15, -0.1) is 0 Å². The van der Waals surface area contributed by atoms with Gasteiger partial charge in [0.2, 0.25) is 0 Å². The monoisotopic (exact) mass is 748 g/mol. The van der Waals surface area contributed by atoms with Crippen molar-refractivity contribution >= 4 is 19.8 Å². The summed E-state index contributed by atoms with van der Waals surface area (Å²) < 4.78 is 33.6. The molecule has 0 aliphatic rings. The van der Waals surface area contributed by atoms with Crippen LogP contribution in [0.15, 0.2) is 0 Å². The van der Waals surface area contributed by atoms with Gasteiger partial charge in [-0.25, -0.2) is 0 Å². The van der Waals surface area contributed by atoms with Crippen LogP contribution < -0.4 is 4.89 Å². The summed E-state index contributed by atoms with van der Waals surface area (Å²) in [5.74, 6) is -0.837. The van der Waals surface area contributed by atoms with E-state index in [1.165, 1.54) is 122 Å². The van der Waals surface area contributed by atoms with Gasteiger partial charge >= 0.3 is 11.9 Å². The third-order valence-corrected chi connectivity index (χ3v) is 10.3. The molecule has 10 heteroatoms. The molecule has 2 atom stereocenters. The first-order valence-corrected chi connectivity index (χ1v) is 22.7. The van der Waals surface area contributed by atoms with Crippen molar-refractivity contribution < 1.29 is 42.1 Å². The molecule has 304 valence electrons. The van der Waals surface area contributed by atoms with Crippen LogP contribution in [0.3, 0.4) is 0 Å². The van der Waals surface area contributed by atoms with Gasteiger partial charge in [-0.2, -0.15) is 0 Å². The smallest absolute Gasteiger partial charge is 0.306 e. The molecule has 0 bridgehead atoms. The number of nitrogens with zero attached hydrogens (tertiary/aromatic N) is 1. The fraction of sp³-hybridized carbons (Fsp3) is 0.951. The van der Waals surface area contributed by atoms with Crippen LogP contribution in [-0.4, -0.2) is 70.0 Å². The van der Waals surface area contributed by atoms with E-state index >= 15 is 0 Å². The van der Waals surface area contributed by atoms with E-state index in [1.807, 2.05) is 21.1 Å². The summed E-state index contributed by atoms with van der Waals surface area (Å²) in [6.45, 7) is 4.15. The minimum atomic E-state index is -4.60. The van der Waals surface area contributed by atoms with Crippen molar-refractivity contribution in [3.05, 3.63) is 0 Å². The van der Waals surface area contributed by atoms with Gasteiger partial charge < -0.3 is 27.9 Å². The molecule has 0 aliphatic carbocycles. The topological polar surface area (TPSA) is 111 Å². The SMILES string of the molecule is CCCCCCCCCCCCCCCCCCCCCCCCC(=O)OC(COC(=O)CCCCCCC)COP(=O)([O-])OCC[N+](C)(C)C. The van der Waals surface area contributed by atoms with E-state index in [1.54, 1.807) is 0 Å². The van der Waals surface area contributed by atoms with Crippen molar-refractivity contribution in [1.82, 2.24) is 0 Å². The zero-order valence-corrected chi connectivity index (χ0v) is 35.0. The first-order valence-electron chi connectivity index (χ1n) is 21.2. The van der Waals surface area contributed by atoms with Crippen LogP contribution >= 0.6 is 7.82 Å².